The molecule has 5 nitrogen and oxygen atoms in total. The van der Waals surface area contributed by atoms with Crippen LogP contribution in [0.5, 0.6) is 0 Å². The SMILES string of the molecule is c1ccc2c(c1)-c1cccc(-c3ccc(-c4ccc(-c5nc(-c6ccc7c(c6)oc6ccccc67)nc(-c6ccc7c(c6)oc6ccccc67)n5)cc4)cc3)c1C21CCCCC1. The molecule has 5 heteroatoms. The average Bonchev–Trinajstić information content (AvgIpc) is 3.99. The average molecular weight is 798 g/mol. The lowest BCUT2D eigenvalue weighted by Gasteiger charge is -2.37. The first-order valence-electron chi connectivity index (χ1n) is 21.7. The molecule has 0 aliphatic heterocycles. The van der Waals surface area contributed by atoms with Gasteiger partial charge >= 0.3 is 0 Å². The fourth-order valence-corrected chi connectivity index (χ4v) is 10.6. The number of rotatable bonds is 5. The van der Waals surface area contributed by atoms with E-state index in [0.29, 0.717) is 17.5 Å². The molecule has 1 spiro atoms. The first-order chi connectivity index (χ1) is 30.7. The Morgan fingerprint density at radius 1 is 0.339 bits per heavy atom. The van der Waals surface area contributed by atoms with Crippen LogP contribution >= 0.6 is 0 Å². The summed E-state index contributed by atoms with van der Waals surface area (Å²) >= 11 is 0. The van der Waals surface area contributed by atoms with E-state index in [9.17, 15) is 0 Å². The zero-order valence-corrected chi connectivity index (χ0v) is 33.9. The highest BCUT2D eigenvalue weighted by Crippen LogP contribution is 2.58. The summed E-state index contributed by atoms with van der Waals surface area (Å²) in [4.78, 5) is 15.3. The summed E-state index contributed by atoms with van der Waals surface area (Å²) in [5.74, 6) is 1.74. The van der Waals surface area contributed by atoms with Gasteiger partial charge in [0.2, 0.25) is 0 Å². The molecule has 0 bridgehead atoms. The summed E-state index contributed by atoms with van der Waals surface area (Å²) in [6.45, 7) is 0. The Morgan fingerprint density at radius 3 is 1.40 bits per heavy atom. The van der Waals surface area contributed by atoms with Crippen LogP contribution in [0, 0.1) is 0 Å². The van der Waals surface area contributed by atoms with Gasteiger partial charge in [0.1, 0.15) is 22.3 Å². The van der Waals surface area contributed by atoms with Crippen molar-refractivity contribution in [3.8, 4) is 67.5 Å². The highest BCUT2D eigenvalue weighted by molar-refractivity contribution is 6.07. The number of benzene rings is 8. The van der Waals surface area contributed by atoms with Gasteiger partial charge in [-0.15, -0.1) is 0 Å². The Hall–Kier alpha value is -7.63. The molecular formula is C57H39N3O2. The van der Waals surface area contributed by atoms with E-state index in [1.807, 2.05) is 48.5 Å². The number of fused-ring (bicyclic) bond motifs is 11. The van der Waals surface area contributed by atoms with E-state index in [-0.39, 0.29) is 5.41 Å². The Bertz CT molecular complexity index is 3420. The Kier molecular flexibility index (Phi) is 7.77. The van der Waals surface area contributed by atoms with Gasteiger partial charge in [-0.3, -0.25) is 0 Å². The molecule has 1 fully saturated rings. The second kappa shape index (κ2) is 13.7. The van der Waals surface area contributed by atoms with Crippen LogP contribution in [0.15, 0.2) is 185 Å². The fraction of sp³-hybridized carbons (Fsp3) is 0.105. The van der Waals surface area contributed by atoms with Crippen LogP contribution in [0.25, 0.3) is 111 Å². The summed E-state index contributed by atoms with van der Waals surface area (Å²) < 4.78 is 12.6. The summed E-state index contributed by atoms with van der Waals surface area (Å²) in [6.07, 6.45) is 6.32. The zero-order valence-electron chi connectivity index (χ0n) is 33.9. The van der Waals surface area contributed by atoms with Crippen molar-refractivity contribution in [3.63, 3.8) is 0 Å². The predicted octanol–water partition coefficient (Wildman–Crippen LogP) is 15.2. The number of para-hydroxylation sites is 2. The standard InChI is InChI=1S/C57H39N3O2/c1-8-31-57(32-9-1)48-16-5-2-11-42(48)47-15-10-14-41(53(47)57)37-23-19-35(20-24-37)36-21-25-38(26-22-36)54-58-55(39-27-29-45-43-12-3-6-17-49(43)61-51(45)33-39)60-56(59-54)40-28-30-46-44-13-4-7-18-50(44)62-52(46)34-40/h2-7,10-30,33-34H,1,8-9,31-32H2. The molecule has 0 atom stereocenters. The molecule has 1 saturated carbocycles. The van der Waals surface area contributed by atoms with Gasteiger partial charge in [0.05, 0.1) is 0 Å². The third-order valence-electron chi connectivity index (χ3n) is 13.6. The van der Waals surface area contributed by atoms with E-state index in [1.54, 1.807) is 0 Å². The monoisotopic (exact) mass is 797 g/mol. The van der Waals surface area contributed by atoms with E-state index in [1.165, 1.54) is 71.0 Å². The van der Waals surface area contributed by atoms with Crippen molar-refractivity contribution >= 4 is 43.9 Å². The summed E-state index contributed by atoms with van der Waals surface area (Å²) in [5.41, 5.74) is 16.8. The van der Waals surface area contributed by atoms with E-state index in [0.717, 1.165) is 66.1 Å². The quantitative estimate of drug-likeness (QED) is 0.174. The van der Waals surface area contributed by atoms with Gasteiger partial charge in [-0.25, -0.2) is 15.0 Å². The summed E-state index contributed by atoms with van der Waals surface area (Å²) in [5, 5.41) is 4.29. The van der Waals surface area contributed by atoms with Crippen LogP contribution in [-0.4, -0.2) is 15.0 Å². The second-order valence-corrected chi connectivity index (χ2v) is 17.0. The summed E-state index contributed by atoms with van der Waals surface area (Å²) in [7, 11) is 0. The molecule has 0 radical (unpaired) electrons. The Balaban J connectivity index is 0.870. The minimum absolute atomic E-state index is 0.102. The van der Waals surface area contributed by atoms with Crippen LogP contribution in [0.2, 0.25) is 0 Å². The normalized spacial score (nSPS) is 14.3. The van der Waals surface area contributed by atoms with Crippen molar-refractivity contribution in [3.05, 3.63) is 187 Å². The zero-order chi connectivity index (χ0) is 40.8. The fourth-order valence-electron chi connectivity index (χ4n) is 10.6. The Labute approximate surface area is 358 Å². The number of hydrogen-bond donors (Lipinski definition) is 0. The molecule has 13 rings (SSSR count). The van der Waals surface area contributed by atoms with Gasteiger partial charge in [-0.05, 0) is 93.7 Å². The van der Waals surface area contributed by atoms with Gasteiger partial charge in [-0.2, -0.15) is 0 Å². The third kappa shape index (κ3) is 5.44. The molecule has 3 aromatic heterocycles. The molecule has 2 aliphatic carbocycles. The van der Waals surface area contributed by atoms with Crippen molar-refractivity contribution in [1.29, 1.82) is 0 Å². The number of hydrogen-bond acceptors (Lipinski definition) is 5. The van der Waals surface area contributed by atoms with Crippen LogP contribution in [0.4, 0.5) is 0 Å². The van der Waals surface area contributed by atoms with Gasteiger partial charge in [0.15, 0.2) is 17.5 Å². The molecule has 0 amide bonds. The number of furan rings is 2. The molecule has 8 aromatic carbocycles. The molecule has 0 N–H and O–H groups in total. The summed E-state index contributed by atoms with van der Waals surface area (Å²) in [6, 6.07) is 62.4. The second-order valence-electron chi connectivity index (χ2n) is 17.0. The van der Waals surface area contributed by atoms with Crippen molar-refractivity contribution in [2.45, 2.75) is 37.5 Å². The number of nitrogens with zero attached hydrogens (tertiary/aromatic N) is 3. The van der Waals surface area contributed by atoms with Gasteiger partial charge in [0.25, 0.3) is 0 Å². The maximum atomic E-state index is 6.28. The van der Waals surface area contributed by atoms with E-state index < -0.39 is 0 Å². The molecule has 294 valence electrons. The van der Waals surface area contributed by atoms with Crippen molar-refractivity contribution in [1.82, 2.24) is 15.0 Å². The van der Waals surface area contributed by atoms with Crippen LogP contribution in [0.3, 0.4) is 0 Å². The van der Waals surface area contributed by atoms with Gasteiger partial charge in [0, 0.05) is 43.7 Å². The lowest BCUT2D eigenvalue weighted by molar-refractivity contribution is 0.353. The molecule has 62 heavy (non-hydrogen) atoms. The van der Waals surface area contributed by atoms with E-state index in [2.05, 4.69) is 127 Å². The van der Waals surface area contributed by atoms with Crippen molar-refractivity contribution in [2.75, 3.05) is 0 Å². The Morgan fingerprint density at radius 2 is 0.790 bits per heavy atom. The predicted molar refractivity (Wildman–Crippen MR) is 251 cm³/mol. The molecule has 11 aromatic rings. The first-order valence-corrected chi connectivity index (χ1v) is 21.7. The lowest BCUT2D eigenvalue weighted by atomic mass is 9.66. The van der Waals surface area contributed by atoms with Crippen LogP contribution in [-0.2, 0) is 5.41 Å². The van der Waals surface area contributed by atoms with Crippen molar-refractivity contribution in [2.24, 2.45) is 0 Å². The van der Waals surface area contributed by atoms with Crippen LogP contribution in [0.1, 0.15) is 43.2 Å². The highest BCUT2D eigenvalue weighted by Gasteiger charge is 2.45. The van der Waals surface area contributed by atoms with Gasteiger partial charge < -0.3 is 8.83 Å². The maximum Gasteiger partial charge on any atom is 0.164 e. The van der Waals surface area contributed by atoms with Crippen molar-refractivity contribution < 1.29 is 8.83 Å². The molecule has 0 unspecified atom stereocenters. The lowest BCUT2D eigenvalue weighted by Crippen LogP contribution is -2.28. The minimum atomic E-state index is 0.102. The molecular weight excluding hydrogens is 759 g/mol. The molecule has 0 saturated heterocycles. The highest BCUT2D eigenvalue weighted by atomic mass is 16.3. The van der Waals surface area contributed by atoms with Crippen LogP contribution < -0.4 is 0 Å². The number of aromatic nitrogens is 3. The maximum absolute atomic E-state index is 6.28. The van der Waals surface area contributed by atoms with Gasteiger partial charge in [-0.1, -0.05) is 159 Å². The van der Waals surface area contributed by atoms with E-state index >= 15 is 0 Å². The van der Waals surface area contributed by atoms with E-state index in [4.69, 9.17) is 23.8 Å². The first kappa shape index (κ1) is 35.2. The minimum Gasteiger partial charge on any atom is -0.456 e. The largest absolute Gasteiger partial charge is 0.456 e. The topological polar surface area (TPSA) is 65.0 Å². The smallest absolute Gasteiger partial charge is 0.164 e. The molecule has 2 aliphatic rings. The molecule has 3 heterocycles. The third-order valence-corrected chi connectivity index (χ3v) is 13.6.